The van der Waals surface area contributed by atoms with Crippen molar-refractivity contribution in [2.45, 2.75) is 24.7 Å². The number of carbonyl (C=O) groups excluding carboxylic acids is 1. The van der Waals surface area contributed by atoms with Crippen LogP contribution in [0.1, 0.15) is 1.43 Å². The van der Waals surface area contributed by atoms with Crippen molar-refractivity contribution < 1.29 is 84.8 Å². The molecule has 0 N–H and O–H groups in total. The Morgan fingerprint density at radius 1 is 0.778 bits per heavy atom. The van der Waals surface area contributed by atoms with Crippen molar-refractivity contribution in [2.75, 3.05) is 0 Å². The maximum absolute atomic E-state index is 12.2. The number of carbonyl (C=O) groups is 1. The summed E-state index contributed by atoms with van der Waals surface area (Å²) in [5.74, 6) is 0. The minimum absolute atomic E-state index is 0. The molecule has 0 spiro atoms. The molecule has 0 aromatic heterocycles. The summed E-state index contributed by atoms with van der Waals surface area (Å²) in [6.07, 6.45) is -26.0. The zero-order chi connectivity index (χ0) is 14.1. The molecule has 0 aliphatic heterocycles. The van der Waals surface area contributed by atoms with Gasteiger partial charge in [0.25, 0.3) is 0 Å². The van der Waals surface area contributed by atoms with Crippen LogP contribution in [0.4, 0.5) is 39.5 Å². The molecule has 104 valence electrons. The first-order valence-electron chi connectivity index (χ1n) is 3.29. The summed E-state index contributed by atoms with van der Waals surface area (Å²) in [4.78, 5) is 9.40. The van der Waals surface area contributed by atoms with Crippen LogP contribution >= 0.6 is 0 Å². The van der Waals surface area contributed by atoms with Crippen LogP contribution in [0.3, 0.4) is 0 Å². The van der Waals surface area contributed by atoms with E-state index in [-0.39, 0.29) is 31.0 Å². The molecule has 0 saturated carbocycles. The van der Waals surface area contributed by atoms with Gasteiger partial charge in [-0.05, 0) is 0 Å². The first kappa shape index (κ1) is 20.3. The van der Waals surface area contributed by atoms with Gasteiger partial charge in [-0.25, -0.2) is 9.47 Å². The van der Waals surface area contributed by atoms with E-state index in [0.29, 0.717) is 0 Å². The van der Waals surface area contributed by atoms with Crippen molar-refractivity contribution >= 4 is 6.29 Å². The average molecular weight is 304 g/mol. The second-order valence-corrected chi connectivity index (χ2v) is 2.36. The van der Waals surface area contributed by atoms with E-state index in [2.05, 4.69) is 0 Å². The molecule has 18 heavy (non-hydrogen) atoms. The number of aldehydes is 1. The summed E-state index contributed by atoms with van der Waals surface area (Å²) in [6, 6.07) is 0. The second kappa shape index (κ2) is 5.94. The van der Waals surface area contributed by atoms with E-state index >= 15 is 0 Å². The van der Waals surface area contributed by atoms with Crippen LogP contribution in [-0.2, 0) is 14.3 Å². The van der Waals surface area contributed by atoms with E-state index < -0.39 is 31.0 Å². The van der Waals surface area contributed by atoms with Gasteiger partial charge in [0.2, 0.25) is 6.29 Å². The number of rotatable bonds is 5. The maximum atomic E-state index is 12.2. The largest absolute Gasteiger partial charge is 1.00 e. The van der Waals surface area contributed by atoms with E-state index in [1.165, 1.54) is 0 Å². The standard InChI is InChI=1S/C5HF9O3.Na.H/c6-2(7,1-15)16-3(8,9)4(10,11)17-5(12,13)14;;/h1H;;/q;+1;-1. The summed E-state index contributed by atoms with van der Waals surface area (Å²) in [6.45, 7) is 0. The topological polar surface area (TPSA) is 35.5 Å². The zero-order valence-corrected chi connectivity index (χ0v) is 10.2. The molecule has 0 unspecified atom stereocenters. The predicted molar refractivity (Wildman–Crippen MR) is 30.2 cm³/mol. The van der Waals surface area contributed by atoms with Crippen molar-refractivity contribution in [3.05, 3.63) is 0 Å². The number of halogens is 9. The molecule has 13 heteroatoms. The van der Waals surface area contributed by atoms with Gasteiger partial charge in [0.1, 0.15) is 0 Å². The van der Waals surface area contributed by atoms with Gasteiger partial charge in [0, 0.05) is 0 Å². The van der Waals surface area contributed by atoms with Crippen LogP contribution in [0.5, 0.6) is 0 Å². The fourth-order valence-corrected chi connectivity index (χ4v) is 0.459. The molecule has 0 aliphatic rings. The van der Waals surface area contributed by atoms with E-state index in [0.717, 1.165) is 0 Å². The van der Waals surface area contributed by atoms with Gasteiger partial charge in [-0.3, -0.25) is 4.79 Å². The van der Waals surface area contributed by atoms with Gasteiger partial charge in [0.05, 0.1) is 0 Å². The Morgan fingerprint density at radius 3 is 1.39 bits per heavy atom. The van der Waals surface area contributed by atoms with Gasteiger partial charge in [-0.1, -0.05) is 0 Å². The summed E-state index contributed by atoms with van der Waals surface area (Å²) >= 11 is 0. The maximum Gasteiger partial charge on any atom is 1.00 e. The van der Waals surface area contributed by atoms with E-state index in [1.54, 1.807) is 4.74 Å². The monoisotopic (exact) mass is 304 g/mol. The van der Waals surface area contributed by atoms with E-state index in [9.17, 15) is 44.3 Å². The van der Waals surface area contributed by atoms with Gasteiger partial charge in [-0.2, -0.15) is 26.3 Å². The molecule has 3 nitrogen and oxygen atoms in total. The fraction of sp³-hybridized carbons (Fsp3) is 0.800. The third-order valence-electron chi connectivity index (χ3n) is 0.984. The SMILES string of the molecule is O=CC(F)(F)OC(F)(F)C(F)(F)OC(F)(F)F.[H-].[Na+]. The number of ether oxygens (including phenoxy) is 2. The molecule has 0 saturated heterocycles. The first-order valence-corrected chi connectivity index (χ1v) is 3.29. The molecule has 0 fully saturated rings. The van der Waals surface area contributed by atoms with E-state index in [4.69, 9.17) is 0 Å². The molecule has 0 bridgehead atoms. The Bertz CT molecular complexity index is 294. The Hall–Kier alpha value is -0.0400. The minimum atomic E-state index is -6.43. The molecule has 0 atom stereocenters. The molecule has 0 amide bonds. The number of alkyl halides is 9. The van der Waals surface area contributed by atoms with Gasteiger partial charge >= 0.3 is 54.2 Å². The molecule has 0 heterocycles. The summed E-state index contributed by atoms with van der Waals surface area (Å²) < 4.78 is 110. The van der Waals surface area contributed by atoms with Crippen LogP contribution in [0.2, 0.25) is 0 Å². The number of hydrogen-bond acceptors (Lipinski definition) is 3. The molecular formula is C5H2F9NaO3. The van der Waals surface area contributed by atoms with Crippen LogP contribution in [0.15, 0.2) is 0 Å². The minimum Gasteiger partial charge on any atom is -1.00 e. The number of hydrogen-bond donors (Lipinski definition) is 0. The third-order valence-corrected chi connectivity index (χ3v) is 0.984. The normalized spacial score (nSPS) is 14.1. The zero-order valence-electron chi connectivity index (χ0n) is 9.20. The second-order valence-electron chi connectivity index (χ2n) is 2.36. The summed E-state index contributed by atoms with van der Waals surface area (Å²) in [5.41, 5.74) is 0. The fourth-order valence-electron chi connectivity index (χ4n) is 0.459. The van der Waals surface area contributed by atoms with Gasteiger partial charge in [-0.15, -0.1) is 13.2 Å². The first-order chi connectivity index (χ1) is 7.22. The smallest absolute Gasteiger partial charge is 1.00 e. The van der Waals surface area contributed by atoms with Crippen LogP contribution in [0, 0.1) is 0 Å². The predicted octanol–water partition coefficient (Wildman–Crippen LogP) is -0.367. The van der Waals surface area contributed by atoms with Crippen LogP contribution < -0.4 is 29.6 Å². The van der Waals surface area contributed by atoms with Crippen molar-refractivity contribution in [2.24, 2.45) is 0 Å². The van der Waals surface area contributed by atoms with Crippen molar-refractivity contribution in [3.63, 3.8) is 0 Å². The molecule has 0 aliphatic carbocycles. The quantitative estimate of drug-likeness (QED) is 0.395. The van der Waals surface area contributed by atoms with Gasteiger partial charge < -0.3 is 1.43 Å². The van der Waals surface area contributed by atoms with Crippen molar-refractivity contribution in [1.82, 2.24) is 0 Å². The summed E-state index contributed by atoms with van der Waals surface area (Å²) in [7, 11) is 0. The molecule has 0 rings (SSSR count). The Kier molecular flexibility index (Phi) is 6.70. The van der Waals surface area contributed by atoms with Crippen molar-refractivity contribution in [3.8, 4) is 0 Å². The van der Waals surface area contributed by atoms with Crippen molar-refractivity contribution in [1.29, 1.82) is 0 Å². The molecule has 0 aromatic carbocycles. The van der Waals surface area contributed by atoms with E-state index in [1.807, 2.05) is 4.74 Å². The van der Waals surface area contributed by atoms with Crippen LogP contribution in [-0.4, -0.2) is 31.0 Å². The molecular weight excluding hydrogens is 302 g/mol. The molecule has 0 aromatic rings. The molecule has 0 radical (unpaired) electrons. The summed E-state index contributed by atoms with van der Waals surface area (Å²) in [5, 5.41) is 0. The van der Waals surface area contributed by atoms with Gasteiger partial charge in [0.15, 0.2) is 0 Å². The average Bonchev–Trinajstić information content (AvgIpc) is 1.97. The third kappa shape index (κ3) is 6.22. The Labute approximate surface area is 116 Å². The van der Waals surface area contributed by atoms with Crippen LogP contribution in [0.25, 0.3) is 0 Å². The Balaban J connectivity index is -0.00000128. The Morgan fingerprint density at radius 2 is 1.11 bits per heavy atom.